The van der Waals surface area contributed by atoms with E-state index in [1.54, 1.807) is 61.7 Å². The van der Waals surface area contributed by atoms with Crippen molar-refractivity contribution in [1.82, 2.24) is 4.90 Å². The Morgan fingerprint density at radius 2 is 1.97 bits per heavy atom. The van der Waals surface area contributed by atoms with Crippen LogP contribution in [0, 0.1) is 0 Å². The Hall–Kier alpha value is -2.84. The second-order valence-corrected chi connectivity index (χ2v) is 7.72. The molecule has 3 rings (SSSR count). The van der Waals surface area contributed by atoms with Gasteiger partial charge in [-0.05, 0) is 36.3 Å². The van der Waals surface area contributed by atoms with Crippen molar-refractivity contribution in [2.75, 3.05) is 13.7 Å². The summed E-state index contributed by atoms with van der Waals surface area (Å²) in [7, 11) is 1.54. The molecule has 1 saturated heterocycles. The summed E-state index contributed by atoms with van der Waals surface area (Å²) >= 11 is 6.41. The predicted molar refractivity (Wildman–Crippen MR) is 116 cm³/mol. The summed E-state index contributed by atoms with van der Waals surface area (Å²) in [5.74, 6) is -0.431. The predicted octanol–water partition coefficient (Wildman–Crippen LogP) is 4.12. The Balaban J connectivity index is 1.93. The van der Waals surface area contributed by atoms with Gasteiger partial charge in [-0.2, -0.15) is 0 Å². The fraction of sp³-hybridized carbons (Fsp3) is 0.190. The minimum Gasteiger partial charge on any atom is -0.493 e. The molecule has 0 aromatic heterocycles. The van der Waals surface area contributed by atoms with Crippen molar-refractivity contribution < 1.29 is 24.2 Å². The second-order valence-electron chi connectivity index (χ2n) is 6.05. The average molecular weight is 430 g/mol. The van der Waals surface area contributed by atoms with Gasteiger partial charge in [-0.15, -0.1) is 0 Å². The summed E-state index contributed by atoms with van der Waals surface area (Å²) in [4.78, 5) is 26.4. The highest BCUT2D eigenvalue weighted by molar-refractivity contribution is 8.26. The van der Waals surface area contributed by atoms with Crippen LogP contribution >= 0.6 is 24.0 Å². The molecule has 1 amide bonds. The van der Waals surface area contributed by atoms with E-state index in [2.05, 4.69) is 0 Å². The quantitative estimate of drug-likeness (QED) is 0.524. The van der Waals surface area contributed by atoms with E-state index in [1.807, 2.05) is 6.92 Å². The van der Waals surface area contributed by atoms with E-state index in [1.165, 1.54) is 0 Å². The number of hydrogen-bond acceptors (Lipinski definition) is 6. The van der Waals surface area contributed by atoms with Gasteiger partial charge in [0, 0.05) is 0 Å². The molecular formula is C21H19NO5S2. The molecule has 1 aliphatic rings. The van der Waals surface area contributed by atoms with Gasteiger partial charge in [-0.25, -0.2) is 4.79 Å². The smallest absolute Gasteiger partial charge is 0.331 e. The van der Waals surface area contributed by atoms with E-state index in [-0.39, 0.29) is 4.32 Å². The fourth-order valence-corrected chi connectivity index (χ4v) is 4.25. The zero-order chi connectivity index (χ0) is 21.0. The number of rotatable bonds is 7. The first-order chi connectivity index (χ1) is 14.0. The molecule has 2 aromatic rings. The van der Waals surface area contributed by atoms with Gasteiger partial charge in [0.1, 0.15) is 4.32 Å². The Kier molecular flexibility index (Phi) is 6.56. The molecule has 1 heterocycles. The maximum Gasteiger partial charge on any atom is 0.331 e. The van der Waals surface area contributed by atoms with E-state index >= 15 is 0 Å². The van der Waals surface area contributed by atoms with Gasteiger partial charge in [-0.1, -0.05) is 60.4 Å². The first-order valence-corrected chi connectivity index (χ1v) is 10.0. The van der Waals surface area contributed by atoms with Crippen LogP contribution in [0.4, 0.5) is 0 Å². The van der Waals surface area contributed by atoms with Crippen molar-refractivity contribution in [3.63, 3.8) is 0 Å². The molecule has 29 heavy (non-hydrogen) atoms. The van der Waals surface area contributed by atoms with Crippen LogP contribution in [0.3, 0.4) is 0 Å². The molecular weight excluding hydrogens is 410 g/mol. The van der Waals surface area contributed by atoms with Crippen LogP contribution in [0.1, 0.15) is 24.1 Å². The molecule has 2 aromatic carbocycles. The molecule has 0 radical (unpaired) electrons. The average Bonchev–Trinajstić information content (AvgIpc) is 2.98. The number of aliphatic carboxylic acids is 1. The largest absolute Gasteiger partial charge is 0.493 e. The normalized spacial score (nSPS) is 16.2. The Morgan fingerprint density at radius 3 is 2.59 bits per heavy atom. The number of carbonyl (C=O) groups is 2. The molecule has 0 bridgehead atoms. The van der Waals surface area contributed by atoms with Crippen molar-refractivity contribution >= 4 is 46.3 Å². The van der Waals surface area contributed by atoms with Crippen molar-refractivity contribution in [1.29, 1.82) is 0 Å². The molecule has 0 aliphatic carbocycles. The van der Waals surface area contributed by atoms with Crippen LogP contribution in [0.25, 0.3) is 6.08 Å². The number of thioether (sulfide) groups is 1. The monoisotopic (exact) mass is 429 g/mol. The van der Waals surface area contributed by atoms with Gasteiger partial charge >= 0.3 is 5.97 Å². The van der Waals surface area contributed by atoms with Gasteiger partial charge in [0.2, 0.25) is 0 Å². The lowest BCUT2D eigenvalue weighted by molar-refractivity contribution is -0.145. The van der Waals surface area contributed by atoms with Crippen LogP contribution in [0.15, 0.2) is 53.4 Å². The lowest BCUT2D eigenvalue weighted by atomic mass is 10.1. The summed E-state index contributed by atoms with van der Waals surface area (Å²) in [6.07, 6.45) is 1.67. The number of benzene rings is 2. The number of nitrogens with zero attached hydrogens (tertiary/aromatic N) is 1. The van der Waals surface area contributed by atoms with Gasteiger partial charge in [0.15, 0.2) is 17.5 Å². The molecule has 150 valence electrons. The highest BCUT2D eigenvalue weighted by Crippen LogP contribution is 2.39. The number of carbonyl (C=O) groups excluding carboxylic acids is 1. The summed E-state index contributed by atoms with van der Waals surface area (Å²) in [5, 5.41) is 9.74. The minimum atomic E-state index is -1.18. The van der Waals surface area contributed by atoms with Crippen LogP contribution < -0.4 is 9.47 Å². The first kappa shape index (κ1) is 20.9. The maximum atomic E-state index is 13.0. The van der Waals surface area contributed by atoms with E-state index in [0.717, 1.165) is 22.2 Å². The Morgan fingerprint density at radius 1 is 1.24 bits per heavy atom. The molecule has 6 nitrogen and oxygen atoms in total. The molecule has 1 atom stereocenters. The molecule has 0 spiro atoms. The topological polar surface area (TPSA) is 76.1 Å². The SMILES string of the molecule is CCOc1ccc(/C=C2\SC(=S)N(C(C(=O)O)c3ccccc3)C2=O)cc1OC. The van der Waals surface area contributed by atoms with Crippen molar-refractivity contribution in [3.05, 3.63) is 64.6 Å². The zero-order valence-corrected chi connectivity index (χ0v) is 17.5. The molecule has 1 fully saturated rings. The fourth-order valence-electron chi connectivity index (χ4n) is 2.94. The van der Waals surface area contributed by atoms with E-state index in [0.29, 0.717) is 28.6 Å². The zero-order valence-electron chi connectivity index (χ0n) is 15.8. The number of methoxy groups -OCH3 is 1. The van der Waals surface area contributed by atoms with Gasteiger partial charge in [0.25, 0.3) is 5.91 Å². The third-order valence-electron chi connectivity index (χ3n) is 4.22. The third kappa shape index (κ3) is 4.44. The number of hydrogen-bond donors (Lipinski definition) is 1. The maximum absolute atomic E-state index is 13.0. The molecule has 8 heteroatoms. The lowest BCUT2D eigenvalue weighted by Crippen LogP contribution is -2.37. The third-order valence-corrected chi connectivity index (χ3v) is 5.55. The van der Waals surface area contributed by atoms with Gasteiger partial charge in [0.05, 0.1) is 18.6 Å². The summed E-state index contributed by atoms with van der Waals surface area (Å²) in [6, 6.07) is 12.7. The van der Waals surface area contributed by atoms with Gasteiger partial charge < -0.3 is 14.6 Å². The first-order valence-electron chi connectivity index (χ1n) is 8.82. The van der Waals surface area contributed by atoms with E-state index in [9.17, 15) is 14.7 Å². The number of carboxylic acids is 1. The molecule has 0 saturated carbocycles. The number of carboxylic acid groups (broad SMARTS) is 1. The number of amides is 1. The van der Waals surface area contributed by atoms with Crippen LogP contribution in [-0.4, -0.2) is 39.9 Å². The second kappa shape index (κ2) is 9.11. The van der Waals surface area contributed by atoms with Crippen molar-refractivity contribution in [2.24, 2.45) is 0 Å². The number of ether oxygens (including phenoxy) is 2. The summed E-state index contributed by atoms with van der Waals surface area (Å²) in [5.41, 5.74) is 1.21. The van der Waals surface area contributed by atoms with Gasteiger partial charge in [-0.3, -0.25) is 9.69 Å². The van der Waals surface area contributed by atoms with E-state index < -0.39 is 17.9 Å². The summed E-state index contributed by atoms with van der Waals surface area (Å²) < 4.78 is 11.0. The summed E-state index contributed by atoms with van der Waals surface area (Å²) in [6.45, 7) is 2.38. The Labute approximate surface area is 178 Å². The highest BCUT2D eigenvalue weighted by atomic mass is 32.2. The molecule has 1 unspecified atom stereocenters. The Bertz CT molecular complexity index is 974. The molecule has 1 aliphatic heterocycles. The number of thiocarbonyl (C=S) groups is 1. The molecule has 1 N–H and O–H groups in total. The van der Waals surface area contributed by atoms with Crippen LogP contribution in [-0.2, 0) is 9.59 Å². The highest BCUT2D eigenvalue weighted by Gasteiger charge is 2.41. The lowest BCUT2D eigenvalue weighted by Gasteiger charge is -2.23. The van der Waals surface area contributed by atoms with Crippen molar-refractivity contribution in [2.45, 2.75) is 13.0 Å². The van der Waals surface area contributed by atoms with Crippen molar-refractivity contribution in [3.8, 4) is 11.5 Å². The van der Waals surface area contributed by atoms with Crippen LogP contribution in [0.5, 0.6) is 11.5 Å². The van der Waals surface area contributed by atoms with Crippen LogP contribution in [0.2, 0.25) is 0 Å². The standard InChI is InChI=1S/C21H19NO5S2/c1-3-27-15-10-9-13(11-16(15)26-2)12-17-19(23)22(21(28)29-17)18(20(24)25)14-7-5-4-6-8-14/h4-12,18H,3H2,1-2H3,(H,24,25)/b17-12-. The minimum absolute atomic E-state index is 0.204. The van der Waals surface area contributed by atoms with E-state index in [4.69, 9.17) is 21.7 Å².